The molecule has 3 nitrogen and oxygen atoms in total. The third-order valence-electron chi connectivity index (χ3n) is 4.35. The van der Waals surface area contributed by atoms with Crippen molar-refractivity contribution in [1.29, 1.82) is 0 Å². The van der Waals surface area contributed by atoms with E-state index in [4.69, 9.17) is 0 Å². The fourth-order valence-corrected chi connectivity index (χ4v) is 6.60. The van der Waals surface area contributed by atoms with Crippen LogP contribution in [-0.4, -0.2) is 29.2 Å². The molecule has 3 atom stereocenters. The van der Waals surface area contributed by atoms with Crippen molar-refractivity contribution in [1.82, 2.24) is 4.31 Å². The van der Waals surface area contributed by atoms with Crippen LogP contribution in [0.15, 0.2) is 29.2 Å². The Morgan fingerprint density at radius 3 is 2.53 bits per heavy atom. The molecule has 1 aromatic carbocycles. The zero-order valence-electron chi connectivity index (χ0n) is 10.9. The van der Waals surface area contributed by atoms with E-state index in [-0.39, 0.29) is 6.04 Å². The number of benzene rings is 1. The highest BCUT2D eigenvalue weighted by atomic mass is 127. The molecule has 1 saturated heterocycles. The van der Waals surface area contributed by atoms with E-state index in [1.54, 1.807) is 16.4 Å². The van der Waals surface area contributed by atoms with E-state index in [2.05, 4.69) is 22.6 Å². The summed E-state index contributed by atoms with van der Waals surface area (Å²) < 4.78 is 27.7. The van der Waals surface area contributed by atoms with Crippen molar-refractivity contribution in [2.75, 3.05) is 6.54 Å². The molecule has 1 aliphatic carbocycles. The summed E-state index contributed by atoms with van der Waals surface area (Å²) >= 11 is 2.42. The molecule has 104 valence electrons. The molecule has 1 heterocycles. The average molecular weight is 391 g/mol. The lowest BCUT2D eigenvalue weighted by atomic mass is 10.1. The minimum absolute atomic E-state index is 0.215. The van der Waals surface area contributed by atoms with Crippen LogP contribution in [0.5, 0.6) is 0 Å². The van der Waals surface area contributed by atoms with Gasteiger partial charge in [0.2, 0.25) is 10.0 Å². The summed E-state index contributed by atoms with van der Waals surface area (Å²) in [5.74, 6) is 0.571. The molecule has 0 spiro atoms. The number of hydrogen-bond donors (Lipinski definition) is 0. The number of fused-ring (bicyclic) bond motifs is 1. The molecule has 19 heavy (non-hydrogen) atoms. The fourth-order valence-electron chi connectivity index (χ4n) is 3.31. The molecule has 1 aliphatic heterocycles. The van der Waals surface area contributed by atoms with Crippen molar-refractivity contribution >= 4 is 32.6 Å². The average Bonchev–Trinajstić information content (AvgIpc) is 2.94. The second kappa shape index (κ2) is 5.00. The van der Waals surface area contributed by atoms with Crippen LogP contribution in [0.1, 0.15) is 24.8 Å². The molecule has 2 fully saturated rings. The summed E-state index contributed by atoms with van der Waals surface area (Å²) in [5, 5.41) is 0. The molecule has 0 N–H and O–H groups in total. The lowest BCUT2D eigenvalue weighted by Gasteiger charge is -2.26. The Balaban J connectivity index is 1.94. The number of rotatable bonds is 2. The molecule has 0 aromatic heterocycles. The van der Waals surface area contributed by atoms with Gasteiger partial charge in [-0.05, 0) is 44.2 Å². The number of alkyl halides is 1. The SMILES string of the molecule is Cc1ccc(S(=O)(=O)N2CC[C@H]3CC[C@H](I)[C@H]32)cc1. The normalized spacial score (nSPS) is 31.6. The van der Waals surface area contributed by atoms with Gasteiger partial charge in [-0.25, -0.2) is 8.42 Å². The predicted octanol–water partition coefficient (Wildman–Crippen LogP) is 2.97. The van der Waals surface area contributed by atoms with Crippen molar-refractivity contribution in [3.63, 3.8) is 0 Å². The van der Waals surface area contributed by atoms with E-state index in [1.807, 2.05) is 19.1 Å². The van der Waals surface area contributed by atoms with Crippen molar-refractivity contribution in [2.24, 2.45) is 5.92 Å². The smallest absolute Gasteiger partial charge is 0.207 e. The molecular formula is C14H18INO2S. The van der Waals surface area contributed by atoms with Gasteiger partial charge in [-0.15, -0.1) is 0 Å². The molecule has 1 aromatic rings. The van der Waals surface area contributed by atoms with Gasteiger partial charge in [-0.2, -0.15) is 4.31 Å². The zero-order valence-corrected chi connectivity index (χ0v) is 13.9. The number of hydrogen-bond acceptors (Lipinski definition) is 2. The molecule has 0 unspecified atom stereocenters. The van der Waals surface area contributed by atoms with Crippen LogP contribution >= 0.6 is 22.6 Å². The molecular weight excluding hydrogens is 373 g/mol. The highest BCUT2D eigenvalue weighted by Gasteiger charge is 2.47. The maximum Gasteiger partial charge on any atom is 0.243 e. The van der Waals surface area contributed by atoms with Gasteiger partial charge in [-0.1, -0.05) is 40.3 Å². The Morgan fingerprint density at radius 1 is 1.16 bits per heavy atom. The molecule has 0 bridgehead atoms. The third kappa shape index (κ3) is 2.34. The lowest BCUT2D eigenvalue weighted by Crippen LogP contribution is -2.40. The van der Waals surface area contributed by atoms with Crippen LogP contribution in [0.25, 0.3) is 0 Å². The van der Waals surface area contributed by atoms with E-state index < -0.39 is 10.0 Å². The first-order valence-corrected chi connectivity index (χ1v) is 9.41. The van der Waals surface area contributed by atoms with Gasteiger partial charge in [-0.3, -0.25) is 0 Å². The number of sulfonamides is 1. The Labute approximate surface area is 128 Å². The second-order valence-electron chi connectivity index (χ2n) is 5.56. The molecule has 0 amide bonds. The largest absolute Gasteiger partial charge is 0.243 e. The van der Waals surface area contributed by atoms with E-state index in [0.717, 1.165) is 18.4 Å². The van der Waals surface area contributed by atoms with Crippen LogP contribution in [0.2, 0.25) is 0 Å². The quantitative estimate of drug-likeness (QED) is 0.574. The molecule has 2 aliphatic rings. The van der Waals surface area contributed by atoms with E-state index in [9.17, 15) is 8.42 Å². The first-order chi connectivity index (χ1) is 9.00. The van der Waals surface area contributed by atoms with E-state index >= 15 is 0 Å². The van der Waals surface area contributed by atoms with Crippen LogP contribution < -0.4 is 0 Å². The molecule has 1 saturated carbocycles. The zero-order chi connectivity index (χ0) is 13.6. The topological polar surface area (TPSA) is 37.4 Å². The maximum atomic E-state index is 12.8. The Morgan fingerprint density at radius 2 is 1.84 bits per heavy atom. The number of halogens is 1. The highest BCUT2D eigenvalue weighted by molar-refractivity contribution is 14.1. The van der Waals surface area contributed by atoms with Gasteiger partial charge < -0.3 is 0 Å². The van der Waals surface area contributed by atoms with Crippen LogP contribution in [0.4, 0.5) is 0 Å². The number of nitrogens with zero attached hydrogens (tertiary/aromatic N) is 1. The summed E-state index contributed by atoms with van der Waals surface area (Å²) in [6, 6.07) is 7.42. The summed E-state index contributed by atoms with van der Waals surface area (Å²) in [4.78, 5) is 0.439. The van der Waals surface area contributed by atoms with Gasteiger partial charge in [0.05, 0.1) is 4.90 Å². The van der Waals surface area contributed by atoms with Crippen LogP contribution in [0.3, 0.4) is 0 Å². The summed E-state index contributed by atoms with van der Waals surface area (Å²) in [6.45, 7) is 2.66. The van der Waals surface area contributed by atoms with Crippen molar-refractivity contribution in [2.45, 2.75) is 41.0 Å². The Kier molecular flexibility index (Phi) is 3.64. The van der Waals surface area contributed by atoms with Gasteiger partial charge >= 0.3 is 0 Å². The van der Waals surface area contributed by atoms with Crippen LogP contribution in [0, 0.1) is 12.8 Å². The minimum atomic E-state index is -3.31. The fraction of sp³-hybridized carbons (Fsp3) is 0.571. The first kappa shape index (κ1) is 13.8. The molecule has 5 heteroatoms. The van der Waals surface area contributed by atoms with Crippen molar-refractivity contribution in [3.8, 4) is 0 Å². The van der Waals surface area contributed by atoms with Gasteiger partial charge in [0.15, 0.2) is 0 Å². The van der Waals surface area contributed by atoms with Crippen LogP contribution in [-0.2, 0) is 10.0 Å². The summed E-state index contributed by atoms with van der Waals surface area (Å²) in [7, 11) is -3.31. The number of aryl methyl sites for hydroxylation is 1. The van der Waals surface area contributed by atoms with Gasteiger partial charge in [0.1, 0.15) is 0 Å². The van der Waals surface area contributed by atoms with E-state index in [0.29, 0.717) is 21.3 Å². The summed E-state index contributed by atoms with van der Waals surface area (Å²) in [6.07, 6.45) is 3.35. The second-order valence-corrected chi connectivity index (χ2v) is 9.05. The summed E-state index contributed by atoms with van der Waals surface area (Å²) in [5.41, 5.74) is 1.09. The maximum absolute atomic E-state index is 12.8. The molecule has 3 rings (SSSR count). The third-order valence-corrected chi connectivity index (χ3v) is 7.62. The molecule has 0 radical (unpaired) electrons. The Bertz CT molecular complexity index is 570. The minimum Gasteiger partial charge on any atom is -0.207 e. The highest BCUT2D eigenvalue weighted by Crippen LogP contribution is 2.43. The monoisotopic (exact) mass is 391 g/mol. The predicted molar refractivity (Wildman–Crippen MR) is 84.0 cm³/mol. The van der Waals surface area contributed by atoms with Crippen molar-refractivity contribution < 1.29 is 8.42 Å². The van der Waals surface area contributed by atoms with Gasteiger partial charge in [0, 0.05) is 16.5 Å². The standard InChI is InChI=1S/C14H18INO2S/c1-10-2-5-12(6-3-10)19(17,18)16-9-8-11-4-7-13(15)14(11)16/h2-3,5-6,11,13-14H,4,7-9H2,1H3/t11-,13+,14+/m1/s1. The Hall–Kier alpha value is -0.140. The van der Waals surface area contributed by atoms with E-state index in [1.165, 1.54) is 6.42 Å². The van der Waals surface area contributed by atoms with Crippen molar-refractivity contribution in [3.05, 3.63) is 29.8 Å². The first-order valence-electron chi connectivity index (χ1n) is 6.73. The lowest BCUT2D eigenvalue weighted by molar-refractivity contribution is 0.376. The van der Waals surface area contributed by atoms with Gasteiger partial charge in [0.25, 0.3) is 0 Å².